The summed E-state index contributed by atoms with van der Waals surface area (Å²) in [6.07, 6.45) is 5.23. The van der Waals surface area contributed by atoms with E-state index >= 15 is 0 Å². The Labute approximate surface area is 164 Å². The molecule has 0 unspecified atom stereocenters. The molecule has 0 atom stereocenters. The SMILES string of the molecule is Cn1nc2cc(Br)ccc2c1C(=O)NCc1ccnc(-c2cccnc2)c1. The number of rotatable bonds is 4. The van der Waals surface area contributed by atoms with Crippen molar-refractivity contribution in [2.24, 2.45) is 7.05 Å². The molecule has 0 aliphatic heterocycles. The molecule has 0 saturated carbocycles. The van der Waals surface area contributed by atoms with Crippen molar-refractivity contribution in [3.63, 3.8) is 0 Å². The number of benzene rings is 1. The third kappa shape index (κ3) is 3.59. The number of hydrogen-bond donors (Lipinski definition) is 1. The summed E-state index contributed by atoms with van der Waals surface area (Å²) in [5.74, 6) is -0.165. The number of halogens is 1. The van der Waals surface area contributed by atoms with Crippen LogP contribution in [0.15, 0.2) is 65.5 Å². The lowest BCUT2D eigenvalue weighted by Crippen LogP contribution is -2.25. The largest absolute Gasteiger partial charge is 0.347 e. The summed E-state index contributed by atoms with van der Waals surface area (Å²) in [7, 11) is 1.77. The van der Waals surface area contributed by atoms with Gasteiger partial charge < -0.3 is 5.32 Å². The number of amides is 1. The Hall–Kier alpha value is -3.06. The van der Waals surface area contributed by atoms with Crippen molar-refractivity contribution in [2.75, 3.05) is 0 Å². The molecule has 0 spiro atoms. The van der Waals surface area contributed by atoms with E-state index in [1.807, 2.05) is 42.5 Å². The molecular formula is C20H16BrN5O. The van der Waals surface area contributed by atoms with Crippen molar-refractivity contribution in [1.82, 2.24) is 25.1 Å². The zero-order valence-corrected chi connectivity index (χ0v) is 16.1. The van der Waals surface area contributed by atoms with Gasteiger partial charge in [0.15, 0.2) is 0 Å². The van der Waals surface area contributed by atoms with Crippen LogP contribution in [0.2, 0.25) is 0 Å². The molecule has 4 aromatic rings. The van der Waals surface area contributed by atoms with Gasteiger partial charge in [0, 0.05) is 47.6 Å². The van der Waals surface area contributed by atoms with E-state index in [2.05, 4.69) is 36.3 Å². The molecular weight excluding hydrogens is 406 g/mol. The van der Waals surface area contributed by atoms with Crippen molar-refractivity contribution >= 4 is 32.7 Å². The summed E-state index contributed by atoms with van der Waals surface area (Å²) in [6.45, 7) is 0.401. The van der Waals surface area contributed by atoms with Crippen LogP contribution in [0, 0.1) is 0 Å². The summed E-state index contributed by atoms with van der Waals surface area (Å²) in [5.41, 5.74) is 4.05. The van der Waals surface area contributed by atoms with Crippen molar-refractivity contribution in [3.05, 3.63) is 76.8 Å². The fourth-order valence-corrected chi connectivity index (χ4v) is 3.31. The molecule has 0 saturated heterocycles. The zero-order chi connectivity index (χ0) is 18.8. The smallest absolute Gasteiger partial charge is 0.270 e. The first-order valence-electron chi connectivity index (χ1n) is 8.37. The van der Waals surface area contributed by atoms with E-state index in [0.717, 1.165) is 32.2 Å². The van der Waals surface area contributed by atoms with E-state index in [1.165, 1.54) is 0 Å². The Bertz CT molecular complexity index is 1120. The Morgan fingerprint density at radius 2 is 2.07 bits per heavy atom. The third-order valence-electron chi connectivity index (χ3n) is 4.25. The lowest BCUT2D eigenvalue weighted by molar-refractivity contribution is 0.0943. The van der Waals surface area contributed by atoms with Gasteiger partial charge in [-0.05, 0) is 48.0 Å². The van der Waals surface area contributed by atoms with Gasteiger partial charge >= 0.3 is 0 Å². The highest BCUT2D eigenvalue weighted by Gasteiger charge is 2.16. The molecule has 6 nitrogen and oxygen atoms in total. The zero-order valence-electron chi connectivity index (χ0n) is 14.6. The first-order valence-corrected chi connectivity index (χ1v) is 9.17. The van der Waals surface area contributed by atoms with Crippen LogP contribution in [0.3, 0.4) is 0 Å². The average molecular weight is 422 g/mol. The lowest BCUT2D eigenvalue weighted by Gasteiger charge is -2.08. The summed E-state index contributed by atoms with van der Waals surface area (Å²) >= 11 is 3.43. The normalized spacial score (nSPS) is 10.9. The van der Waals surface area contributed by atoms with E-state index in [4.69, 9.17) is 0 Å². The maximum Gasteiger partial charge on any atom is 0.270 e. The number of pyridine rings is 2. The van der Waals surface area contributed by atoms with Crippen LogP contribution in [0.25, 0.3) is 22.2 Å². The number of hydrogen-bond acceptors (Lipinski definition) is 4. The van der Waals surface area contributed by atoms with Gasteiger partial charge in [0.2, 0.25) is 0 Å². The standard InChI is InChI=1S/C20H16BrN5O/c1-26-19(16-5-4-15(21)10-18(16)25-26)20(27)24-11-13-6-8-23-17(9-13)14-3-2-7-22-12-14/h2-10,12H,11H2,1H3,(H,24,27). The second kappa shape index (κ2) is 7.28. The molecule has 1 N–H and O–H groups in total. The molecule has 0 fully saturated rings. The van der Waals surface area contributed by atoms with Crippen LogP contribution < -0.4 is 5.32 Å². The van der Waals surface area contributed by atoms with Crippen LogP contribution in [0.5, 0.6) is 0 Å². The molecule has 0 bridgehead atoms. The molecule has 3 aromatic heterocycles. The number of aryl methyl sites for hydroxylation is 1. The van der Waals surface area contributed by atoms with Crippen molar-refractivity contribution in [3.8, 4) is 11.3 Å². The predicted octanol–water partition coefficient (Wildman–Crippen LogP) is 3.72. The maximum absolute atomic E-state index is 12.7. The summed E-state index contributed by atoms with van der Waals surface area (Å²) < 4.78 is 2.54. The molecule has 0 radical (unpaired) electrons. The second-order valence-electron chi connectivity index (χ2n) is 6.11. The predicted molar refractivity (Wildman–Crippen MR) is 107 cm³/mol. The van der Waals surface area contributed by atoms with Gasteiger partial charge in [-0.15, -0.1) is 0 Å². The van der Waals surface area contributed by atoms with Crippen LogP contribution in [-0.2, 0) is 13.6 Å². The van der Waals surface area contributed by atoms with Gasteiger partial charge in [0.25, 0.3) is 5.91 Å². The van der Waals surface area contributed by atoms with Crippen LogP contribution in [0.1, 0.15) is 16.1 Å². The molecule has 0 aliphatic carbocycles. The van der Waals surface area contributed by atoms with E-state index in [-0.39, 0.29) is 5.91 Å². The lowest BCUT2D eigenvalue weighted by atomic mass is 10.1. The average Bonchev–Trinajstić information content (AvgIpc) is 3.02. The molecule has 1 amide bonds. The number of fused-ring (bicyclic) bond motifs is 1. The van der Waals surface area contributed by atoms with Crippen molar-refractivity contribution in [2.45, 2.75) is 6.54 Å². The van der Waals surface area contributed by atoms with Crippen LogP contribution >= 0.6 is 15.9 Å². The fraction of sp³-hybridized carbons (Fsp3) is 0.100. The minimum Gasteiger partial charge on any atom is -0.347 e. The van der Waals surface area contributed by atoms with Gasteiger partial charge in [-0.25, -0.2) is 0 Å². The van der Waals surface area contributed by atoms with Crippen molar-refractivity contribution < 1.29 is 4.79 Å². The van der Waals surface area contributed by atoms with Gasteiger partial charge in [-0.1, -0.05) is 15.9 Å². The van der Waals surface area contributed by atoms with E-state index in [9.17, 15) is 4.79 Å². The summed E-state index contributed by atoms with van der Waals surface area (Å²) in [4.78, 5) is 21.2. The quantitative estimate of drug-likeness (QED) is 0.544. The number of aromatic nitrogens is 4. The molecule has 4 rings (SSSR count). The number of carbonyl (C=O) groups excluding carboxylic acids is 1. The number of nitrogens with one attached hydrogen (secondary N) is 1. The minimum absolute atomic E-state index is 0.165. The van der Waals surface area contributed by atoms with Gasteiger partial charge in [-0.2, -0.15) is 5.10 Å². The maximum atomic E-state index is 12.7. The highest BCUT2D eigenvalue weighted by atomic mass is 79.9. The van der Waals surface area contributed by atoms with Crippen molar-refractivity contribution in [1.29, 1.82) is 0 Å². The Morgan fingerprint density at radius 1 is 1.19 bits per heavy atom. The first kappa shape index (κ1) is 17.4. The second-order valence-corrected chi connectivity index (χ2v) is 7.02. The Kier molecular flexibility index (Phi) is 4.68. The molecule has 134 valence electrons. The molecule has 7 heteroatoms. The highest BCUT2D eigenvalue weighted by molar-refractivity contribution is 9.10. The monoisotopic (exact) mass is 421 g/mol. The molecule has 3 heterocycles. The molecule has 0 aliphatic rings. The van der Waals surface area contributed by atoms with Crippen LogP contribution in [-0.4, -0.2) is 25.7 Å². The number of nitrogens with zero attached hydrogens (tertiary/aromatic N) is 4. The third-order valence-corrected chi connectivity index (χ3v) is 4.74. The Morgan fingerprint density at radius 3 is 2.89 bits per heavy atom. The Balaban J connectivity index is 1.54. The van der Waals surface area contributed by atoms with E-state index in [1.54, 1.807) is 30.3 Å². The first-order chi connectivity index (χ1) is 13.1. The molecule has 27 heavy (non-hydrogen) atoms. The summed E-state index contributed by atoms with van der Waals surface area (Å²) in [6, 6.07) is 13.4. The van der Waals surface area contributed by atoms with Gasteiger partial charge in [-0.3, -0.25) is 19.4 Å². The van der Waals surface area contributed by atoms with Crippen LogP contribution in [0.4, 0.5) is 0 Å². The van der Waals surface area contributed by atoms with E-state index < -0.39 is 0 Å². The molecule has 1 aromatic carbocycles. The van der Waals surface area contributed by atoms with Gasteiger partial charge in [0.1, 0.15) is 5.69 Å². The van der Waals surface area contributed by atoms with Gasteiger partial charge in [0.05, 0.1) is 11.2 Å². The topological polar surface area (TPSA) is 72.7 Å². The minimum atomic E-state index is -0.165. The summed E-state index contributed by atoms with van der Waals surface area (Å²) in [5, 5.41) is 8.21. The fourth-order valence-electron chi connectivity index (χ4n) is 2.97. The highest BCUT2D eigenvalue weighted by Crippen LogP contribution is 2.22. The van der Waals surface area contributed by atoms with E-state index in [0.29, 0.717) is 12.2 Å². The number of carbonyl (C=O) groups is 1.